The summed E-state index contributed by atoms with van der Waals surface area (Å²) in [6.45, 7) is 2.66. The summed E-state index contributed by atoms with van der Waals surface area (Å²) in [6.07, 6.45) is 3.66. The van der Waals surface area contributed by atoms with Gasteiger partial charge in [0.05, 0.1) is 0 Å². The maximum absolute atomic E-state index is 12.2. The molecule has 1 aliphatic carbocycles. The highest BCUT2D eigenvalue weighted by Crippen LogP contribution is 2.23. The van der Waals surface area contributed by atoms with E-state index in [1.165, 1.54) is 0 Å². The Bertz CT molecular complexity index is 400. The minimum atomic E-state index is -0.255. The van der Waals surface area contributed by atoms with Crippen LogP contribution < -0.4 is 10.5 Å². The van der Waals surface area contributed by atoms with Crippen LogP contribution in [0.3, 0.4) is 0 Å². The van der Waals surface area contributed by atoms with Crippen molar-refractivity contribution in [3.8, 4) is 5.75 Å². The van der Waals surface area contributed by atoms with Crippen molar-refractivity contribution in [2.24, 2.45) is 5.73 Å². The Morgan fingerprint density at radius 2 is 1.89 bits per heavy atom. The maximum Gasteiger partial charge on any atom is 0.415 e. The number of carbonyl (C=O) groups excluding carboxylic acids is 1. The second-order valence-corrected chi connectivity index (χ2v) is 5.04. The number of para-hydroxylation sites is 1. The Morgan fingerprint density at radius 1 is 1.26 bits per heavy atom. The highest BCUT2D eigenvalue weighted by atomic mass is 16.6. The second kappa shape index (κ2) is 6.57. The van der Waals surface area contributed by atoms with Gasteiger partial charge in [-0.1, -0.05) is 18.2 Å². The van der Waals surface area contributed by atoms with E-state index in [2.05, 4.69) is 0 Å². The van der Waals surface area contributed by atoms with Crippen molar-refractivity contribution in [3.63, 3.8) is 0 Å². The number of ether oxygens (including phenoxy) is 1. The average Bonchev–Trinajstić information content (AvgIpc) is 2.43. The molecule has 0 spiro atoms. The number of hydrogen-bond donors (Lipinski definition) is 1. The smallest absolute Gasteiger partial charge is 0.410 e. The molecular formula is C15H22N2O2. The van der Waals surface area contributed by atoms with Gasteiger partial charge in [0.1, 0.15) is 5.75 Å². The molecule has 0 atom stereocenters. The molecule has 0 aliphatic heterocycles. The fraction of sp³-hybridized carbons (Fsp3) is 0.533. The van der Waals surface area contributed by atoms with Gasteiger partial charge in [-0.15, -0.1) is 0 Å². The third kappa shape index (κ3) is 3.70. The molecule has 0 bridgehead atoms. The summed E-state index contributed by atoms with van der Waals surface area (Å²) in [5.41, 5.74) is 5.90. The van der Waals surface area contributed by atoms with Crippen molar-refractivity contribution in [1.29, 1.82) is 0 Å². The summed E-state index contributed by atoms with van der Waals surface area (Å²) in [6, 6.07) is 9.76. The van der Waals surface area contributed by atoms with E-state index in [0.29, 0.717) is 18.3 Å². The van der Waals surface area contributed by atoms with E-state index in [0.717, 1.165) is 25.7 Å². The van der Waals surface area contributed by atoms with E-state index < -0.39 is 0 Å². The average molecular weight is 262 g/mol. The number of nitrogens with zero attached hydrogens (tertiary/aromatic N) is 1. The van der Waals surface area contributed by atoms with E-state index in [1.54, 1.807) is 12.1 Å². The Balaban J connectivity index is 1.95. The predicted molar refractivity (Wildman–Crippen MR) is 75.1 cm³/mol. The zero-order valence-electron chi connectivity index (χ0n) is 11.4. The number of nitrogens with two attached hydrogens (primary N) is 1. The van der Waals surface area contributed by atoms with Gasteiger partial charge in [0.2, 0.25) is 0 Å². The first kappa shape index (κ1) is 13.9. The molecule has 1 saturated carbocycles. The number of hydrogen-bond acceptors (Lipinski definition) is 3. The highest BCUT2D eigenvalue weighted by Gasteiger charge is 2.27. The minimum absolute atomic E-state index is 0.255. The van der Waals surface area contributed by atoms with Crippen molar-refractivity contribution in [2.45, 2.75) is 44.7 Å². The fourth-order valence-corrected chi connectivity index (χ4v) is 2.60. The van der Waals surface area contributed by atoms with Crippen molar-refractivity contribution in [2.75, 3.05) is 6.54 Å². The van der Waals surface area contributed by atoms with Crippen LogP contribution in [0.5, 0.6) is 5.75 Å². The lowest BCUT2D eigenvalue weighted by molar-refractivity contribution is 0.118. The first-order chi connectivity index (χ1) is 9.20. The standard InChI is InChI=1S/C15H22N2O2/c1-2-17(13-10-8-12(16)9-11-13)15(18)19-14-6-4-3-5-7-14/h3-7,12-13H,2,8-11,16H2,1H3. The molecule has 2 N–H and O–H groups in total. The number of benzene rings is 1. The fourth-order valence-electron chi connectivity index (χ4n) is 2.60. The first-order valence-corrected chi connectivity index (χ1v) is 6.99. The Hall–Kier alpha value is -1.55. The van der Waals surface area contributed by atoms with Gasteiger partial charge in [-0.05, 0) is 44.7 Å². The minimum Gasteiger partial charge on any atom is -0.410 e. The third-order valence-corrected chi connectivity index (χ3v) is 3.71. The Morgan fingerprint density at radius 3 is 2.47 bits per heavy atom. The summed E-state index contributed by atoms with van der Waals surface area (Å²) in [5.74, 6) is 0.596. The molecular weight excluding hydrogens is 240 g/mol. The van der Waals surface area contributed by atoms with Gasteiger partial charge in [0.15, 0.2) is 0 Å². The van der Waals surface area contributed by atoms with E-state index in [9.17, 15) is 4.79 Å². The van der Waals surface area contributed by atoms with Crippen LogP contribution in [-0.2, 0) is 0 Å². The van der Waals surface area contributed by atoms with Gasteiger partial charge >= 0.3 is 6.09 Å². The normalized spacial score (nSPS) is 22.8. The number of carbonyl (C=O) groups is 1. The first-order valence-electron chi connectivity index (χ1n) is 6.99. The van der Waals surface area contributed by atoms with E-state index >= 15 is 0 Å². The molecule has 0 unspecified atom stereocenters. The van der Waals surface area contributed by atoms with E-state index in [1.807, 2.05) is 30.0 Å². The molecule has 1 aliphatic rings. The monoisotopic (exact) mass is 262 g/mol. The zero-order chi connectivity index (χ0) is 13.7. The molecule has 1 aromatic rings. The summed E-state index contributed by atoms with van der Waals surface area (Å²) in [5, 5.41) is 0. The third-order valence-electron chi connectivity index (χ3n) is 3.71. The predicted octanol–water partition coefficient (Wildman–Crippen LogP) is 2.78. The van der Waals surface area contributed by atoms with Gasteiger partial charge in [0.25, 0.3) is 0 Å². The van der Waals surface area contributed by atoms with Crippen molar-refractivity contribution >= 4 is 6.09 Å². The molecule has 19 heavy (non-hydrogen) atoms. The zero-order valence-corrected chi connectivity index (χ0v) is 11.4. The lowest BCUT2D eigenvalue weighted by atomic mass is 9.91. The number of rotatable bonds is 3. The molecule has 0 heterocycles. The highest BCUT2D eigenvalue weighted by molar-refractivity contribution is 5.71. The SMILES string of the molecule is CCN(C(=O)Oc1ccccc1)C1CCC(N)CC1. The second-order valence-electron chi connectivity index (χ2n) is 5.04. The van der Waals surface area contributed by atoms with Crippen LogP contribution in [-0.4, -0.2) is 29.6 Å². The maximum atomic E-state index is 12.2. The van der Waals surface area contributed by atoms with Crippen LogP contribution in [0, 0.1) is 0 Å². The number of amides is 1. The van der Waals surface area contributed by atoms with E-state index in [4.69, 9.17) is 10.5 Å². The van der Waals surface area contributed by atoms with Crippen LogP contribution in [0.15, 0.2) is 30.3 Å². The Labute approximate surface area is 114 Å². The van der Waals surface area contributed by atoms with Crippen LogP contribution in [0.4, 0.5) is 4.79 Å². The van der Waals surface area contributed by atoms with Crippen molar-refractivity contribution < 1.29 is 9.53 Å². The Kier molecular flexibility index (Phi) is 4.80. The summed E-state index contributed by atoms with van der Waals surface area (Å²) in [7, 11) is 0. The van der Waals surface area contributed by atoms with Gasteiger partial charge in [0, 0.05) is 18.6 Å². The molecule has 2 rings (SSSR count). The van der Waals surface area contributed by atoms with Crippen LogP contribution in [0.25, 0.3) is 0 Å². The van der Waals surface area contributed by atoms with Crippen LogP contribution >= 0.6 is 0 Å². The molecule has 1 aromatic carbocycles. The molecule has 1 amide bonds. The van der Waals surface area contributed by atoms with Crippen molar-refractivity contribution in [1.82, 2.24) is 4.90 Å². The molecule has 4 nitrogen and oxygen atoms in total. The molecule has 4 heteroatoms. The van der Waals surface area contributed by atoms with Crippen molar-refractivity contribution in [3.05, 3.63) is 30.3 Å². The summed E-state index contributed by atoms with van der Waals surface area (Å²) >= 11 is 0. The van der Waals surface area contributed by atoms with Gasteiger partial charge in [-0.3, -0.25) is 0 Å². The lowest BCUT2D eigenvalue weighted by Gasteiger charge is -2.34. The molecule has 0 saturated heterocycles. The molecule has 1 fully saturated rings. The van der Waals surface area contributed by atoms with Gasteiger partial charge < -0.3 is 15.4 Å². The lowest BCUT2D eigenvalue weighted by Crippen LogP contribution is -2.45. The largest absolute Gasteiger partial charge is 0.415 e. The molecule has 104 valence electrons. The summed E-state index contributed by atoms with van der Waals surface area (Å²) < 4.78 is 5.40. The molecule has 0 aromatic heterocycles. The van der Waals surface area contributed by atoms with E-state index in [-0.39, 0.29) is 12.1 Å². The molecule has 0 radical (unpaired) electrons. The quantitative estimate of drug-likeness (QED) is 0.911. The summed E-state index contributed by atoms with van der Waals surface area (Å²) in [4.78, 5) is 14.0. The van der Waals surface area contributed by atoms with Crippen LogP contribution in [0.1, 0.15) is 32.6 Å². The topological polar surface area (TPSA) is 55.6 Å². The van der Waals surface area contributed by atoms with Gasteiger partial charge in [-0.25, -0.2) is 4.79 Å². The van der Waals surface area contributed by atoms with Gasteiger partial charge in [-0.2, -0.15) is 0 Å². The van der Waals surface area contributed by atoms with Crippen LogP contribution in [0.2, 0.25) is 0 Å².